The lowest BCUT2D eigenvalue weighted by molar-refractivity contribution is 1.04. The van der Waals surface area contributed by atoms with Gasteiger partial charge in [-0.2, -0.15) is 0 Å². The van der Waals surface area contributed by atoms with Gasteiger partial charge in [-0.25, -0.2) is 0 Å². The second-order valence-electron chi connectivity index (χ2n) is 15.9. The Morgan fingerprint density at radius 3 is 1.72 bits per heavy atom. The number of rotatable bonds is 6. The maximum absolute atomic E-state index is 2.50. The van der Waals surface area contributed by atoms with Crippen LogP contribution in [-0.4, -0.2) is 4.57 Å². The Bertz CT molecular complexity index is 3320. The summed E-state index contributed by atoms with van der Waals surface area (Å²) in [5, 5.41) is 5.08. The van der Waals surface area contributed by atoms with Crippen LogP contribution in [0.2, 0.25) is 0 Å². The van der Waals surface area contributed by atoms with Crippen molar-refractivity contribution in [1.82, 2.24) is 4.57 Å². The molecular formula is C58H40N2. The standard InChI is InChI=1S/C58H40N2/c1-3-13-39(14-4-1)41-25-29-44(30-26-41)59(45-31-27-42(28-32-45)40-15-5-2-6-16-40)46-33-35-47(36-34-46)60-55-24-10-9-20-49(55)54-38-37-53-52-23-12-18-43-17-11-22-50(56(43)52)48-19-7-8-21-51(48)57(53)58(54)60/h1,3-5,7-38H,2,6H2. The van der Waals surface area contributed by atoms with E-state index in [2.05, 4.69) is 228 Å². The highest BCUT2D eigenvalue weighted by Gasteiger charge is 2.26. The summed E-state index contributed by atoms with van der Waals surface area (Å²) >= 11 is 0. The van der Waals surface area contributed by atoms with Crippen LogP contribution >= 0.6 is 0 Å². The average molecular weight is 765 g/mol. The molecule has 0 aliphatic heterocycles. The maximum atomic E-state index is 2.50. The molecule has 0 unspecified atom stereocenters. The minimum absolute atomic E-state index is 1.09. The van der Waals surface area contributed by atoms with Crippen molar-refractivity contribution in [2.75, 3.05) is 4.90 Å². The molecule has 0 spiro atoms. The largest absolute Gasteiger partial charge is 0.311 e. The molecule has 1 aromatic heterocycles. The van der Waals surface area contributed by atoms with Crippen molar-refractivity contribution in [3.8, 4) is 50.2 Å². The van der Waals surface area contributed by atoms with Crippen LogP contribution < -0.4 is 4.90 Å². The first kappa shape index (κ1) is 34.4. The number of para-hydroxylation sites is 1. The van der Waals surface area contributed by atoms with Gasteiger partial charge in [0.1, 0.15) is 0 Å². The Balaban J connectivity index is 1.04. The molecule has 0 N–H and O–H groups in total. The fourth-order valence-corrected chi connectivity index (χ4v) is 9.81. The number of fused-ring (bicyclic) bond motifs is 9. The summed E-state index contributed by atoms with van der Waals surface area (Å²) in [7, 11) is 0. The lowest BCUT2D eigenvalue weighted by atomic mass is 9.91. The van der Waals surface area contributed by atoms with Crippen LogP contribution in [0.25, 0.3) is 88.3 Å². The third kappa shape index (κ3) is 5.49. The second-order valence-corrected chi connectivity index (χ2v) is 15.9. The molecule has 12 rings (SSSR count). The zero-order valence-electron chi connectivity index (χ0n) is 33.1. The van der Waals surface area contributed by atoms with Gasteiger partial charge in [-0.05, 0) is 128 Å². The first-order valence-corrected chi connectivity index (χ1v) is 21.0. The molecule has 0 radical (unpaired) electrons. The van der Waals surface area contributed by atoms with Gasteiger partial charge in [-0.3, -0.25) is 0 Å². The second kappa shape index (κ2) is 14.0. The normalized spacial score (nSPS) is 12.9. The molecule has 0 saturated carbocycles. The number of anilines is 3. The van der Waals surface area contributed by atoms with Crippen molar-refractivity contribution >= 4 is 55.2 Å². The molecule has 2 aliphatic carbocycles. The lowest BCUT2D eigenvalue weighted by Gasteiger charge is -2.26. The monoisotopic (exact) mass is 764 g/mol. The number of aromatic nitrogens is 1. The van der Waals surface area contributed by atoms with Crippen molar-refractivity contribution < 1.29 is 0 Å². The highest BCUT2D eigenvalue weighted by molar-refractivity contribution is 6.22. The Kier molecular flexibility index (Phi) is 8.02. The highest BCUT2D eigenvalue weighted by atomic mass is 15.1. The van der Waals surface area contributed by atoms with Gasteiger partial charge in [0, 0.05) is 39.1 Å². The van der Waals surface area contributed by atoms with Gasteiger partial charge >= 0.3 is 0 Å². The predicted octanol–water partition coefficient (Wildman–Crippen LogP) is 16.1. The molecule has 0 fully saturated rings. The van der Waals surface area contributed by atoms with E-state index in [-0.39, 0.29) is 0 Å². The highest BCUT2D eigenvalue weighted by Crippen LogP contribution is 2.51. The number of hydrogen-bond acceptors (Lipinski definition) is 1. The molecule has 2 nitrogen and oxygen atoms in total. The summed E-state index contributed by atoms with van der Waals surface area (Å²) in [5.41, 5.74) is 19.5. The van der Waals surface area contributed by atoms with Crippen molar-refractivity contribution in [3.63, 3.8) is 0 Å². The first-order valence-electron chi connectivity index (χ1n) is 21.0. The Hall–Kier alpha value is -7.68. The van der Waals surface area contributed by atoms with Crippen molar-refractivity contribution in [2.24, 2.45) is 0 Å². The predicted molar refractivity (Wildman–Crippen MR) is 255 cm³/mol. The van der Waals surface area contributed by atoms with E-state index in [1.54, 1.807) is 0 Å². The van der Waals surface area contributed by atoms with E-state index in [0.717, 1.165) is 35.6 Å². The average Bonchev–Trinajstić information content (AvgIpc) is 3.60. The molecule has 9 aromatic carbocycles. The van der Waals surface area contributed by atoms with E-state index < -0.39 is 0 Å². The zero-order chi connectivity index (χ0) is 39.6. The van der Waals surface area contributed by atoms with Crippen LogP contribution in [0.3, 0.4) is 0 Å². The van der Waals surface area contributed by atoms with Crippen LogP contribution in [-0.2, 0) is 0 Å². The van der Waals surface area contributed by atoms with Crippen LogP contribution in [0.1, 0.15) is 18.4 Å². The van der Waals surface area contributed by atoms with Gasteiger partial charge in [-0.1, -0.05) is 164 Å². The van der Waals surface area contributed by atoms with Gasteiger partial charge in [0.05, 0.1) is 11.0 Å². The molecule has 0 amide bonds. The third-order valence-electron chi connectivity index (χ3n) is 12.6. The van der Waals surface area contributed by atoms with Gasteiger partial charge < -0.3 is 9.47 Å². The molecule has 2 aliphatic rings. The summed E-state index contributed by atoms with van der Waals surface area (Å²) < 4.78 is 2.50. The van der Waals surface area contributed by atoms with E-state index in [4.69, 9.17) is 0 Å². The minimum Gasteiger partial charge on any atom is -0.311 e. The van der Waals surface area contributed by atoms with Crippen LogP contribution in [0, 0.1) is 0 Å². The van der Waals surface area contributed by atoms with Gasteiger partial charge in [0.25, 0.3) is 0 Å². The maximum Gasteiger partial charge on any atom is 0.0625 e. The van der Waals surface area contributed by atoms with E-state index in [9.17, 15) is 0 Å². The smallest absolute Gasteiger partial charge is 0.0625 e. The van der Waals surface area contributed by atoms with Gasteiger partial charge in [0.15, 0.2) is 0 Å². The first-order chi connectivity index (χ1) is 29.8. The molecule has 2 heteroatoms. The van der Waals surface area contributed by atoms with Crippen molar-refractivity contribution in [1.29, 1.82) is 0 Å². The quantitative estimate of drug-likeness (QED) is 0.164. The van der Waals surface area contributed by atoms with Crippen molar-refractivity contribution in [2.45, 2.75) is 12.8 Å². The molecule has 282 valence electrons. The topological polar surface area (TPSA) is 8.17 Å². The van der Waals surface area contributed by atoms with E-state index in [1.807, 2.05) is 0 Å². The third-order valence-corrected chi connectivity index (χ3v) is 12.6. The van der Waals surface area contributed by atoms with Crippen LogP contribution in [0.5, 0.6) is 0 Å². The summed E-state index contributed by atoms with van der Waals surface area (Å²) in [5.74, 6) is 0. The Morgan fingerprint density at radius 2 is 1.00 bits per heavy atom. The molecular weight excluding hydrogens is 725 g/mol. The fraction of sp³-hybridized carbons (Fsp3) is 0.0345. The SMILES string of the molecule is C1=CC(c2ccc(N(c3ccc(-c4ccccc4)cc3)c3ccc(-n4c5ccccc5c5ccc6c(c54)-c4ccccc4-c4cccc5cccc-6c45)cc3)cc2)=CCC1. The van der Waals surface area contributed by atoms with E-state index >= 15 is 0 Å². The molecule has 60 heavy (non-hydrogen) atoms. The molecule has 0 saturated heterocycles. The zero-order valence-corrected chi connectivity index (χ0v) is 33.1. The fourth-order valence-electron chi connectivity index (χ4n) is 9.81. The summed E-state index contributed by atoms with van der Waals surface area (Å²) in [4.78, 5) is 2.37. The number of hydrogen-bond donors (Lipinski definition) is 0. The van der Waals surface area contributed by atoms with Crippen LogP contribution in [0.4, 0.5) is 17.1 Å². The van der Waals surface area contributed by atoms with Gasteiger partial charge in [0.2, 0.25) is 0 Å². The molecule has 0 bridgehead atoms. The van der Waals surface area contributed by atoms with E-state index in [0.29, 0.717) is 0 Å². The summed E-state index contributed by atoms with van der Waals surface area (Å²) in [6.07, 6.45) is 9.07. The number of benzene rings is 9. The molecule has 0 atom stereocenters. The summed E-state index contributed by atoms with van der Waals surface area (Å²) in [6.45, 7) is 0. The number of nitrogens with zero attached hydrogens (tertiary/aromatic N) is 2. The summed E-state index contributed by atoms with van der Waals surface area (Å²) in [6, 6.07) is 73.8. The van der Waals surface area contributed by atoms with Crippen LogP contribution in [0.15, 0.2) is 218 Å². The minimum atomic E-state index is 1.09. The molecule has 1 heterocycles. The Morgan fingerprint density at radius 1 is 0.400 bits per heavy atom. The number of allylic oxidation sites excluding steroid dienone is 4. The van der Waals surface area contributed by atoms with Crippen molar-refractivity contribution in [3.05, 3.63) is 224 Å². The Labute approximate surface area is 350 Å². The van der Waals surface area contributed by atoms with Gasteiger partial charge in [-0.15, -0.1) is 0 Å². The lowest BCUT2D eigenvalue weighted by Crippen LogP contribution is -2.10. The molecule has 10 aromatic rings. The van der Waals surface area contributed by atoms with E-state index in [1.165, 1.54) is 88.2 Å².